The molecule has 0 saturated carbocycles. The number of nitro groups is 1. The van der Waals surface area contributed by atoms with Crippen molar-refractivity contribution in [3.8, 4) is 0 Å². The number of sulfonamides is 1. The van der Waals surface area contributed by atoms with Gasteiger partial charge in [0.25, 0.3) is 5.69 Å². The Labute approximate surface area is 127 Å². The van der Waals surface area contributed by atoms with Crippen LogP contribution in [0.5, 0.6) is 0 Å². The van der Waals surface area contributed by atoms with Crippen molar-refractivity contribution in [3.05, 3.63) is 33.9 Å². The molecule has 0 aliphatic carbocycles. The average molecular weight is 365 g/mol. The van der Waals surface area contributed by atoms with Crippen molar-refractivity contribution < 1.29 is 13.3 Å². The second-order valence-corrected chi connectivity index (χ2v) is 7.99. The Morgan fingerprint density at radius 2 is 2.00 bits per heavy atom. The minimum absolute atomic E-state index is 0.0689. The first-order valence-electron chi connectivity index (χ1n) is 6.04. The lowest BCUT2D eigenvalue weighted by atomic mass is 10.1. The van der Waals surface area contributed by atoms with E-state index in [4.69, 9.17) is 0 Å². The molecule has 1 atom stereocenters. The largest absolute Gasteiger partial charge is 0.273 e. The maximum atomic E-state index is 12.0. The Morgan fingerprint density at radius 3 is 2.45 bits per heavy atom. The number of benzene rings is 1. The van der Waals surface area contributed by atoms with E-state index in [1.807, 2.05) is 6.92 Å². The van der Waals surface area contributed by atoms with Crippen LogP contribution in [0, 0.1) is 10.1 Å². The second kappa shape index (κ2) is 6.64. The zero-order chi connectivity index (χ0) is 15.5. The highest BCUT2D eigenvalue weighted by Crippen LogP contribution is 2.27. The van der Waals surface area contributed by atoms with Gasteiger partial charge in [0.15, 0.2) is 0 Å². The molecular formula is C12H17BrN2O4S. The Bertz CT molecular complexity index is 601. The van der Waals surface area contributed by atoms with Gasteiger partial charge in [-0.15, -0.1) is 0 Å². The Hall–Kier alpha value is -0.990. The van der Waals surface area contributed by atoms with E-state index >= 15 is 0 Å². The van der Waals surface area contributed by atoms with Crippen molar-refractivity contribution in [2.24, 2.45) is 0 Å². The summed E-state index contributed by atoms with van der Waals surface area (Å²) in [6.45, 7) is 1.97. The van der Waals surface area contributed by atoms with Gasteiger partial charge in [-0.3, -0.25) is 10.1 Å². The van der Waals surface area contributed by atoms with Gasteiger partial charge in [0.1, 0.15) is 0 Å². The van der Waals surface area contributed by atoms with E-state index in [9.17, 15) is 18.5 Å². The maximum Gasteiger partial charge on any atom is 0.273 e. The smallest absolute Gasteiger partial charge is 0.258 e. The number of halogens is 1. The van der Waals surface area contributed by atoms with Crippen molar-refractivity contribution in [2.45, 2.75) is 29.5 Å². The molecule has 1 rings (SSSR count). The predicted molar refractivity (Wildman–Crippen MR) is 80.7 cm³/mol. The molecule has 0 bridgehead atoms. The Balaban J connectivity index is 3.31. The third-order valence-electron chi connectivity index (χ3n) is 2.92. The summed E-state index contributed by atoms with van der Waals surface area (Å²) in [5.41, 5.74) is 0.363. The van der Waals surface area contributed by atoms with E-state index in [1.54, 1.807) is 0 Å². The highest BCUT2D eigenvalue weighted by Gasteiger charge is 2.23. The molecular weight excluding hydrogens is 348 g/mol. The number of hydrogen-bond donors (Lipinski definition) is 0. The summed E-state index contributed by atoms with van der Waals surface area (Å²) in [4.78, 5) is 10.6. The maximum absolute atomic E-state index is 12.0. The fourth-order valence-corrected chi connectivity index (χ4v) is 2.91. The van der Waals surface area contributed by atoms with Crippen molar-refractivity contribution in [3.63, 3.8) is 0 Å². The van der Waals surface area contributed by atoms with E-state index in [2.05, 4.69) is 15.9 Å². The number of nitrogens with zero attached hydrogens (tertiary/aromatic N) is 2. The summed E-state index contributed by atoms with van der Waals surface area (Å²) < 4.78 is 25.0. The van der Waals surface area contributed by atoms with Gasteiger partial charge in [0.05, 0.1) is 9.82 Å². The summed E-state index contributed by atoms with van der Waals surface area (Å²) in [6, 6.07) is 4.05. The van der Waals surface area contributed by atoms with Gasteiger partial charge in [0.2, 0.25) is 10.0 Å². The zero-order valence-corrected chi connectivity index (χ0v) is 13.9. The van der Waals surface area contributed by atoms with Gasteiger partial charge in [-0.2, -0.15) is 0 Å². The topological polar surface area (TPSA) is 80.5 Å². The minimum Gasteiger partial charge on any atom is -0.258 e. The highest BCUT2D eigenvalue weighted by atomic mass is 79.9. The first kappa shape index (κ1) is 17.1. The molecule has 20 heavy (non-hydrogen) atoms. The number of rotatable bonds is 6. The molecule has 0 heterocycles. The summed E-state index contributed by atoms with van der Waals surface area (Å²) in [6.07, 6.45) is 1.31. The normalized spacial score (nSPS) is 13.4. The molecule has 0 spiro atoms. The van der Waals surface area contributed by atoms with Crippen LogP contribution in [0.4, 0.5) is 5.69 Å². The predicted octanol–water partition coefficient (Wildman–Crippen LogP) is 2.56. The average Bonchev–Trinajstić information content (AvgIpc) is 2.38. The van der Waals surface area contributed by atoms with Gasteiger partial charge in [-0.25, -0.2) is 12.7 Å². The van der Waals surface area contributed by atoms with Gasteiger partial charge in [0, 0.05) is 30.6 Å². The standard InChI is InChI=1S/C12H17BrN2O4S/c1-4-10(13)7-9-5-6-11(8-12(9)15(16)17)20(18,19)14(2)3/h5-6,8,10H,4,7H2,1-3H3. The number of hydrogen-bond acceptors (Lipinski definition) is 4. The zero-order valence-electron chi connectivity index (χ0n) is 11.5. The first-order chi connectivity index (χ1) is 9.20. The second-order valence-electron chi connectivity index (χ2n) is 4.54. The lowest BCUT2D eigenvalue weighted by molar-refractivity contribution is -0.385. The van der Waals surface area contributed by atoms with Crippen LogP contribution in [-0.4, -0.2) is 36.6 Å². The van der Waals surface area contributed by atoms with Crippen LogP contribution in [0.25, 0.3) is 0 Å². The molecule has 0 amide bonds. The van der Waals surface area contributed by atoms with Crippen molar-refractivity contribution in [1.29, 1.82) is 0 Å². The van der Waals surface area contributed by atoms with Crippen LogP contribution in [0.2, 0.25) is 0 Å². The molecule has 0 aliphatic heterocycles. The van der Waals surface area contributed by atoms with E-state index in [-0.39, 0.29) is 15.4 Å². The van der Waals surface area contributed by atoms with Crippen LogP contribution >= 0.6 is 15.9 Å². The first-order valence-corrected chi connectivity index (χ1v) is 8.39. The van der Waals surface area contributed by atoms with Crippen LogP contribution in [-0.2, 0) is 16.4 Å². The van der Waals surface area contributed by atoms with Crippen molar-refractivity contribution in [2.75, 3.05) is 14.1 Å². The summed E-state index contributed by atoms with van der Waals surface area (Å²) >= 11 is 3.43. The molecule has 0 radical (unpaired) electrons. The molecule has 8 heteroatoms. The molecule has 0 saturated heterocycles. The molecule has 0 aromatic heterocycles. The van der Waals surface area contributed by atoms with E-state index in [0.717, 1.165) is 16.8 Å². The van der Waals surface area contributed by atoms with Crippen LogP contribution < -0.4 is 0 Å². The molecule has 1 unspecified atom stereocenters. The van der Waals surface area contributed by atoms with Gasteiger partial charge in [-0.05, 0) is 18.9 Å². The lowest BCUT2D eigenvalue weighted by Gasteiger charge is -2.13. The molecule has 1 aromatic rings. The van der Waals surface area contributed by atoms with Crippen molar-refractivity contribution in [1.82, 2.24) is 4.31 Å². The fourth-order valence-electron chi connectivity index (χ4n) is 1.64. The molecule has 1 aromatic carbocycles. The van der Waals surface area contributed by atoms with Crippen LogP contribution in [0.3, 0.4) is 0 Å². The van der Waals surface area contributed by atoms with E-state index in [0.29, 0.717) is 12.0 Å². The molecule has 6 nitrogen and oxygen atoms in total. The van der Waals surface area contributed by atoms with E-state index < -0.39 is 14.9 Å². The Kier molecular flexibility index (Phi) is 5.67. The van der Waals surface area contributed by atoms with Crippen molar-refractivity contribution >= 4 is 31.6 Å². The van der Waals surface area contributed by atoms with Crippen LogP contribution in [0.15, 0.2) is 23.1 Å². The summed E-state index contributed by atoms with van der Waals surface area (Å²) in [5.74, 6) is 0. The van der Waals surface area contributed by atoms with E-state index in [1.165, 1.54) is 26.2 Å². The molecule has 0 aliphatic rings. The third kappa shape index (κ3) is 3.77. The number of alkyl halides is 1. The lowest BCUT2D eigenvalue weighted by Crippen LogP contribution is -2.22. The quantitative estimate of drug-likeness (QED) is 0.441. The van der Waals surface area contributed by atoms with Gasteiger partial charge < -0.3 is 0 Å². The Morgan fingerprint density at radius 1 is 1.40 bits per heavy atom. The fraction of sp³-hybridized carbons (Fsp3) is 0.500. The number of nitro benzene ring substituents is 1. The highest BCUT2D eigenvalue weighted by molar-refractivity contribution is 9.09. The third-order valence-corrected chi connectivity index (χ3v) is 5.70. The summed E-state index contributed by atoms with van der Waals surface area (Å²) in [7, 11) is -0.887. The molecule has 0 N–H and O–H groups in total. The molecule has 112 valence electrons. The minimum atomic E-state index is -3.67. The van der Waals surface area contributed by atoms with Gasteiger partial charge in [-0.1, -0.05) is 28.9 Å². The SMILES string of the molecule is CCC(Br)Cc1ccc(S(=O)(=O)N(C)C)cc1[N+](=O)[O-]. The van der Waals surface area contributed by atoms with Gasteiger partial charge >= 0.3 is 0 Å². The summed E-state index contributed by atoms with van der Waals surface area (Å²) in [5, 5.41) is 11.1. The monoisotopic (exact) mass is 364 g/mol. The molecule has 0 fully saturated rings. The van der Waals surface area contributed by atoms with Crippen LogP contribution in [0.1, 0.15) is 18.9 Å².